The number of sulfonamides is 1. The van der Waals surface area contributed by atoms with Crippen LogP contribution in [-0.4, -0.2) is 84.3 Å². The predicted octanol–water partition coefficient (Wildman–Crippen LogP) is 1.79. The van der Waals surface area contributed by atoms with E-state index in [4.69, 9.17) is 11.6 Å². The van der Waals surface area contributed by atoms with Crippen LogP contribution in [0.25, 0.3) is 0 Å². The number of carbonyl (C=O) groups is 1. The van der Waals surface area contributed by atoms with Gasteiger partial charge in [0.2, 0.25) is 15.9 Å². The first-order chi connectivity index (χ1) is 14.0. The summed E-state index contributed by atoms with van der Waals surface area (Å²) in [5.41, 5.74) is 0. The van der Waals surface area contributed by atoms with E-state index in [1.165, 1.54) is 0 Å². The summed E-state index contributed by atoms with van der Waals surface area (Å²) in [7, 11) is -4.22. The summed E-state index contributed by atoms with van der Waals surface area (Å²) in [6.07, 6.45) is -8.92. The molecule has 1 heterocycles. The molecule has 0 aromatic rings. The van der Waals surface area contributed by atoms with Crippen LogP contribution in [-0.2, 0) is 14.8 Å². The van der Waals surface area contributed by atoms with E-state index >= 15 is 0 Å². The van der Waals surface area contributed by atoms with E-state index in [2.05, 4.69) is 5.32 Å². The number of amides is 1. The second-order valence-corrected chi connectivity index (χ2v) is 11.2. The summed E-state index contributed by atoms with van der Waals surface area (Å²) in [5, 5.41) is 9.49. The smallest absolute Gasteiger partial charge is 0.223 e. The molecule has 9 unspecified atom stereocenters. The van der Waals surface area contributed by atoms with E-state index in [1.807, 2.05) is 0 Å². The SMILES string of the molecule is O=C(NC1CC(F)C(F)C(Cl)C1)C1CCC(F)C(S(=O)(=O)N2CCC(O)C(F)C2)C1. The molecule has 2 aliphatic carbocycles. The number of carbonyl (C=O) groups excluding carboxylic acids is 1. The molecule has 174 valence electrons. The van der Waals surface area contributed by atoms with Crippen molar-refractivity contribution >= 4 is 27.5 Å². The maximum Gasteiger partial charge on any atom is 0.223 e. The van der Waals surface area contributed by atoms with Gasteiger partial charge in [-0.15, -0.1) is 11.6 Å². The van der Waals surface area contributed by atoms with E-state index in [0.717, 1.165) is 4.31 Å². The van der Waals surface area contributed by atoms with Gasteiger partial charge < -0.3 is 10.4 Å². The second kappa shape index (κ2) is 9.46. The standard InChI is InChI=1S/C18H27ClF4N2O4S/c19-11-6-10(7-13(21)17(11)23)24-18(27)9-1-2-12(20)16(5-9)30(28,29)25-4-3-15(26)14(22)8-25/h9-17,26H,1-8H2,(H,24,27). The van der Waals surface area contributed by atoms with Gasteiger partial charge in [0, 0.05) is 31.5 Å². The molecular formula is C18H27ClF4N2O4S. The third-order valence-corrected chi connectivity index (χ3v) is 9.07. The number of nitrogens with zero attached hydrogens (tertiary/aromatic N) is 1. The molecular weight excluding hydrogens is 452 g/mol. The molecule has 0 aromatic heterocycles. The lowest BCUT2D eigenvalue weighted by molar-refractivity contribution is -0.127. The number of aliphatic hydroxyl groups excluding tert-OH is 1. The first kappa shape index (κ1) is 24.0. The molecule has 0 spiro atoms. The van der Waals surface area contributed by atoms with Crippen LogP contribution < -0.4 is 5.32 Å². The number of hydrogen-bond donors (Lipinski definition) is 2. The van der Waals surface area contributed by atoms with Crippen LogP contribution in [0.1, 0.15) is 38.5 Å². The van der Waals surface area contributed by atoms with E-state index in [1.54, 1.807) is 0 Å². The van der Waals surface area contributed by atoms with E-state index < -0.39 is 75.9 Å². The van der Waals surface area contributed by atoms with Crippen LogP contribution in [0.3, 0.4) is 0 Å². The van der Waals surface area contributed by atoms with Gasteiger partial charge in [0.15, 0.2) is 0 Å². The van der Waals surface area contributed by atoms with Gasteiger partial charge >= 0.3 is 0 Å². The minimum absolute atomic E-state index is 0.0447. The molecule has 3 aliphatic rings. The quantitative estimate of drug-likeness (QED) is 0.476. The molecule has 30 heavy (non-hydrogen) atoms. The predicted molar refractivity (Wildman–Crippen MR) is 103 cm³/mol. The van der Waals surface area contributed by atoms with Crippen molar-refractivity contribution in [1.29, 1.82) is 0 Å². The molecule has 3 rings (SSSR count). The maximum absolute atomic E-state index is 14.5. The summed E-state index contributed by atoms with van der Waals surface area (Å²) in [4.78, 5) is 12.6. The summed E-state index contributed by atoms with van der Waals surface area (Å²) in [5.74, 6) is -1.36. The van der Waals surface area contributed by atoms with E-state index in [0.29, 0.717) is 0 Å². The van der Waals surface area contributed by atoms with Gasteiger partial charge in [-0.25, -0.2) is 26.0 Å². The van der Waals surface area contributed by atoms with Gasteiger partial charge in [-0.2, -0.15) is 4.31 Å². The molecule has 2 N–H and O–H groups in total. The molecule has 2 saturated carbocycles. The molecule has 0 bridgehead atoms. The van der Waals surface area contributed by atoms with E-state index in [-0.39, 0.29) is 45.1 Å². The Morgan fingerprint density at radius 2 is 1.70 bits per heavy atom. The van der Waals surface area contributed by atoms with Crippen LogP contribution in [0.4, 0.5) is 17.6 Å². The second-order valence-electron chi connectivity index (χ2n) is 8.49. The Hall–Kier alpha value is -0.650. The molecule has 6 nitrogen and oxygen atoms in total. The molecule has 1 saturated heterocycles. The highest BCUT2D eigenvalue weighted by molar-refractivity contribution is 7.89. The molecule has 0 aromatic carbocycles. The number of halogens is 5. The van der Waals surface area contributed by atoms with Crippen molar-refractivity contribution < 1.29 is 35.9 Å². The zero-order valence-electron chi connectivity index (χ0n) is 16.3. The Bertz CT molecular complexity index is 721. The number of rotatable bonds is 4. The minimum atomic E-state index is -4.22. The summed E-state index contributed by atoms with van der Waals surface area (Å²) in [6, 6.07) is -0.684. The van der Waals surface area contributed by atoms with Crippen LogP contribution in [0.5, 0.6) is 0 Å². The monoisotopic (exact) mass is 478 g/mol. The van der Waals surface area contributed by atoms with Gasteiger partial charge in [0.1, 0.15) is 29.9 Å². The third kappa shape index (κ3) is 5.05. The zero-order chi connectivity index (χ0) is 22.2. The summed E-state index contributed by atoms with van der Waals surface area (Å²) in [6.45, 7) is -0.670. The van der Waals surface area contributed by atoms with Crippen molar-refractivity contribution in [3.05, 3.63) is 0 Å². The number of nitrogens with one attached hydrogen (secondary N) is 1. The average molecular weight is 479 g/mol. The summed E-state index contributed by atoms with van der Waals surface area (Å²) >= 11 is 5.79. The maximum atomic E-state index is 14.5. The summed E-state index contributed by atoms with van der Waals surface area (Å²) < 4.78 is 82.2. The van der Waals surface area contributed by atoms with Crippen LogP contribution in [0, 0.1) is 5.92 Å². The number of hydrogen-bond acceptors (Lipinski definition) is 4. The van der Waals surface area contributed by atoms with Crippen LogP contribution >= 0.6 is 11.6 Å². The highest BCUT2D eigenvalue weighted by Gasteiger charge is 2.46. The Labute approximate surface area is 178 Å². The highest BCUT2D eigenvalue weighted by Crippen LogP contribution is 2.35. The fourth-order valence-electron chi connectivity index (χ4n) is 4.49. The number of alkyl halides is 5. The Kier molecular flexibility index (Phi) is 7.57. The molecule has 9 atom stereocenters. The first-order valence-electron chi connectivity index (χ1n) is 10.2. The third-order valence-electron chi connectivity index (χ3n) is 6.35. The number of piperidine rings is 1. The van der Waals surface area contributed by atoms with Gasteiger partial charge in [-0.05, 0) is 32.1 Å². The Morgan fingerprint density at radius 1 is 1.00 bits per heavy atom. The van der Waals surface area contributed by atoms with Crippen molar-refractivity contribution in [2.45, 2.75) is 86.0 Å². The van der Waals surface area contributed by atoms with Crippen molar-refractivity contribution in [2.24, 2.45) is 5.92 Å². The fourth-order valence-corrected chi connectivity index (χ4v) is 6.94. The fraction of sp³-hybridized carbons (Fsp3) is 0.944. The van der Waals surface area contributed by atoms with Gasteiger partial charge in [0.25, 0.3) is 0 Å². The molecule has 0 radical (unpaired) electrons. The van der Waals surface area contributed by atoms with Gasteiger partial charge in [-0.1, -0.05) is 0 Å². The van der Waals surface area contributed by atoms with Crippen molar-refractivity contribution in [2.75, 3.05) is 13.1 Å². The van der Waals surface area contributed by atoms with Crippen molar-refractivity contribution in [1.82, 2.24) is 9.62 Å². The van der Waals surface area contributed by atoms with Gasteiger partial charge in [-0.3, -0.25) is 4.79 Å². The first-order valence-corrected chi connectivity index (χ1v) is 12.1. The van der Waals surface area contributed by atoms with Crippen LogP contribution in [0.15, 0.2) is 0 Å². The Morgan fingerprint density at radius 3 is 2.33 bits per heavy atom. The Balaban J connectivity index is 1.64. The normalized spacial score (nSPS) is 43.9. The van der Waals surface area contributed by atoms with Crippen LogP contribution in [0.2, 0.25) is 0 Å². The zero-order valence-corrected chi connectivity index (χ0v) is 17.8. The molecule has 1 amide bonds. The minimum Gasteiger partial charge on any atom is -0.390 e. The van der Waals surface area contributed by atoms with Crippen molar-refractivity contribution in [3.8, 4) is 0 Å². The topological polar surface area (TPSA) is 86.7 Å². The average Bonchev–Trinajstić information content (AvgIpc) is 2.68. The lowest BCUT2D eigenvalue weighted by Crippen LogP contribution is -2.54. The number of aliphatic hydroxyl groups is 1. The highest BCUT2D eigenvalue weighted by atomic mass is 35.5. The molecule has 1 aliphatic heterocycles. The molecule has 3 fully saturated rings. The van der Waals surface area contributed by atoms with E-state index in [9.17, 15) is 35.9 Å². The van der Waals surface area contributed by atoms with Crippen molar-refractivity contribution in [3.63, 3.8) is 0 Å². The van der Waals surface area contributed by atoms with Gasteiger partial charge in [0.05, 0.1) is 11.5 Å². The lowest BCUT2D eigenvalue weighted by atomic mass is 9.86. The lowest BCUT2D eigenvalue weighted by Gasteiger charge is -2.38. The molecule has 12 heteroatoms. The largest absolute Gasteiger partial charge is 0.390 e.